The molecule has 6 N–H and O–H groups in total. The molecular weight excluding hydrogens is 346 g/mol. The van der Waals surface area contributed by atoms with Crippen LogP contribution in [0.25, 0.3) is 0 Å². The zero-order valence-corrected chi connectivity index (χ0v) is 15.1. The minimum atomic E-state index is -1.39. The van der Waals surface area contributed by atoms with Gasteiger partial charge in [0.25, 0.3) is 0 Å². The van der Waals surface area contributed by atoms with Crippen LogP contribution in [0, 0.1) is 0 Å². The van der Waals surface area contributed by atoms with Crippen molar-refractivity contribution < 1.29 is 25.2 Å². The molecule has 1 fully saturated rings. The van der Waals surface area contributed by atoms with Crippen LogP contribution in [0.2, 0.25) is 0 Å². The van der Waals surface area contributed by atoms with E-state index in [2.05, 4.69) is 22.5 Å². The molecule has 1 aliphatic carbocycles. The Balaban J connectivity index is 1.65. The van der Waals surface area contributed by atoms with Gasteiger partial charge in [0, 0.05) is 17.3 Å². The molecule has 0 spiro atoms. The van der Waals surface area contributed by atoms with E-state index in [1.807, 2.05) is 0 Å². The third-order valence-electron chi connectivity index (χ3n) is 4.78. The molecule has 2 aliphatic rings. The standard InChI is InChI=1S/C16H27N3O5S/c1-2-5-17-8-3-4-11-9(6-8)18-16(25-11)19-15-14(23)13(22)12(21)10(7-20)24-15/h8,10,12-15,17,20-23H,2-7H2,1H3,(H,18,19)/t8-,10+,12+,13-,14+,15?/m0/s1. The van der Waals surface area contributed by atoms with Gasteiger partial charge in [-0.05, 0) is 25.8 Å². The summed E-state index contributed by atoms with van der Waals surface area (Å²) in [6.45, 7) is 2.70. The van der Waals surface area contributed by atoms with E-state index in [4.69, 9.17) is 4.74 Å². The van der Waals surface area contributed by atoms with Crippen molar-refractivity contribution in [2.45, 2.75) is 69.3 Å². The molecule has 142 valence electrons. The van der Waals surface area contributed by atoms with Crippen molar-refractivity contribution >= 4 is 16.5 Å². The van der Waals surface area contributed by atoms with Gasteiger partial charge >= 0.3 is 0 Å². The van der Waals surface area contributed by atoms with Gasteiger partial charge in [-0.25, -0.2) is 4.98 Å². The quantitative estimate of drug-likeness (QED) is 0.383. The molecule has 2 heterocycles. The van der Waals surface area contributed by atoms with E-state index in [-0.39, 0.29) is 0 Å². The zero-order chi connectivity index (χ0) is 18.0. The minimum absolute atomic E-state index is 0.439. The van der Waals surface area contributed by atoms with Crippen molar-refractivity contribution in [2.75, 3.05) is 18.5 Å². The first-order valence-electron chi connectivity index (χ1n) is 8.82. The number of fused-ring (bicyclic) bond motifs is 1. The molecule has 0 radical (unpaired) electrons. The predicted octanol–water partition coefficient (Wildman–Crippen LogP) is -0.788. The molecule has 1 saturated heterocycles. The minimum Gasteiger partial charge on any atom is -0.394 e. The average molecular weight is 373 g/mol. The molecule has 9 heteroatoms. The Labute approximate surface area is 150 Å². The molecule has 0 aromatic carbocycles. The number of hydrogen-bond acceptors (Lipinski definition) is 9. The lowest BCUT2D eigenvalue weighted by Gasteiger charge is -2.40. The van der Waals surface area contributed by atoms with Gasteiger partial charge in [-0.3, -0.25) is 0 Å². The number of nitrogens with zero attached hydrogens (tertiary/aromatic N) is 1. The number of nitrogens with one attached hydrogen (secondary N) is 2. The zero-order valence-electron chi connectivity index (χ0n) is 14.3. The van der Waals surface area contributed by atoms with Crippen LogP contribution in [-0.4, -0.2) is 75.2 Å². The maximum Gasteiger partial charge on any atom is 0.185 e. The summed E-state index contributed by atoms with van der Waals surface area (Å²) in [6, 6.07) is 0.439. The number of hydrogen-bond donors (Lipinski definition) is 6. The van der Waals surface area contributed by atoms with E-state index in [0.29, 0.717) is 11.2 Å². The molecule has 6 atom stereocenters. The molecular formula is C16H27N3O5S. The van der Waals surface area contributed by atoms with Crippen LogP contribution in [0.4, 0.5) is 5.13 Å². The summed E-state index contributed by atoms with van der Waals surface area (Å²) >= 11 is 1.52. The van der Waals surface area contributed by atoms with Gasteiger partial charge in [-0.1, -0.05) is 6.92 Å². The van der Waals surface area contributed by atoms with Crippen molar-refractivity contribution in [3.05, 3.63) is 10.6 Å². The number of thiazole rings is 1. The Morgan fingerprint density at radius 1 is 1.24 bits per heavy atom. The van der Waals surface area contributed by atoms with Crippen LogP contribution in [0.15, 0.2) is 0 Å². The van der Waals surface area contributed by atoms with Crippen molar-refractivity contribution in [2.24, 2.45) is 0 Å². The lowest BCUT2D eigenvalue weighted by Crippen LogP contribution is -2.60. The van der Waals surface area contributed by atoms with E-state index in [0.717, 1.165) is 37.9 Å². The molecule has 1 aliphatic heterocycles. The van der Waals surface area contributed by atoms with Crippen LogP contribution >= 0.6 is 11.3 Å². The smallest absolute Gasteiger partial charge is 0.185 e. The fourth-order valence-electron chi connectivity index (χ4n) is 3.31. The van der Waals surface area contributed by atoms with Crippen molar-refractivity contribution in [3.8, 4) is 0 Å². The second kappa shape index (κ2) is 8.26. The highest BCUT2D eigenvalue weighted by atomic mass is 32.1. The van der Waals surface area contributed by atoms with Crippen LogP contribution < -0.4 is 10.6 Å². The summed E-state index contributed by atoms with van der Waals surface area (Å²) in [5, 5.41) is 46.2. The Morgan fingerprint density at radius 3 is 2.76 bits per heavy atom. The first-order valence-corrected chi connectivity index (χ1v) is 9.64. The maximum atomic E-state index is 10.1. The van der Waals surface area contributed by atoms with Crippen molar-refractivity contribution in [3.63, 3.8) is 0 Å². The topological polar surface area (TPSA) is 127 Å². The van der Waals surface area contributed by atoms with Gasteiger partial charge in [0.15, 0.2) is 11.4 Å². The fourth-order valence-corrected chi connectivity index (χ4v) is 4.34. The Kier molecular flexibility index (Phi) is 6.26. The normalized spacial score (nSPS) is 35.4. The fraction of sp³-hybridized carbons (Fsp3) is 0.812. The highest BCUT2D eigenvalue weighted by molar-refractivity contribution is 7.15. The van der Waals surface area contributed by atoms with E-state index in [1.54, 1.807) is 0 Å². The van der Waals surface area contributed by atoms with Gasteiger partial charge in [-0.2, -0.15) is 0 Å². The van der Waals surface area contributed by atoms with Crippen LogP contribution in [-0.2, 0) is 17.6 Å². The molecule has 3 rings (SSSR count). The molecule has 0 amide bonds. The first-order chi connectivity index (χ1) is 12.0. The SMILES string of the molecule is CCCN[C@H]1CCc2sc(NC3O[C@H](CO)[C@@H](O)[C@H](O)[C@H]3O)nc2C1. The molecule has 0 bridgehead atoms. The highest BCUT2D eigenvalue weighted by Gasteiger charge is 2.43. The third kappa shape index (κ3) is 4.13. The van der Waals surface area contributed by atoms with E-state index < -0.39 is 37.3 Å². The number of aliphatic hydroxyl groups is 4. The Bertz CT molecular complexity index is 570. The van der Waals surface area contributed by atoms with Gasteiger partial charge in [-0.15, -0.1) is 11.3 Å². The summed E-state index contributed by atoms with van der Waals surface area (Å²) in [4.78, 5) is 5.83. The number of aliphatic hydroxyl groups excluding tert-OH is 4. The van der Waals surface area contributed by atoms with Crippen LogP contribution in [0.5, 0.6) is 0 Å². The summed E-state index contributed by atoms with van der Waals surface area (Å²) in [5.74, 6) is 0. The predicted molar refractivity (Wildman–Crippen MR) is 93.6 cm³/mol. The maximum absolute atomic E-state index is 10.1. The summed E-state index contributed by atoms with van der Waals surface area (Å²) in [7, 11) is 0. The van der Waals surface area contributed by atoms with Gasteiger partial charge in [0.2, 0.25) is 0 Å². The summed E-state index contributed by atoms with van der Waals surface area (Å²) in [5.41, 5.74) is 1.05. The van der Waals surface area contributed by atoms with Crippen molar-refractivity contribution in [1.82, 2.24) is 10.3 Å². The second-order valence-electron chi connectivity index (χ2n) is 6.68. The Hall–Kier alpha value is -0.810. The third-order valence-corrected chi connectivity index (χ3v) is 5.87. The molecule has 0 saturated carbocycles. The van der Waals surface area contributed by atoms with Gasteiger partial charge < -0.3 is 35.8 Å². The lowest BCUT2D eigenvalue weighted by molar-refractivity contribution is -0.221. The second-order valence-corrected chi connectivity index (χ2v) is 7.76. The number of aromatic nitrogens is 1. The number of anilines is 1. The molecule has 1 aromatic heterocycles. The average Bonchev–Trinajstić information content (AvgIpc) is 3.02. The van der Waals surface area contributed by atoms with Crippen LogP contribution in [0.1, 0.15) is 30.3 Å². The van der Waals surface area contributed by atoms with E-state index in [1.165, 1.54) is 16.2 Å². The molecule has 1 unspecified atom stereocenters. The highest BCUT2D eigenvalue weighted by Crippen LogP contribution is 2.31. The molecule has 25 heavy (non-hydrogen) atoms. The van der Waals surface area contributed by atoms with Crippen LogP contribution in [0.3, 0.4) is 0 Å². The number of ether oxygens (including phenoxy) is 1. The monoisotopic (exact) mass is 373 g/mol. The Morgan fingerprint density at radius 2 is 2.04 bits per heavy atom. The molecule has 1 aromatic rings. The number of aryl methyl sites for hydroxylation is 1. The van der Waals surface area contributed by atoms with E-state index >= 15 is 0 Å². The van der Waals surface area contributed by atoms with E-state index in [9.17, 15) is 20.4 Å². The first kappa shape index (κ1) is 19.0. The largest absolute Gasteiger partial charge is 0.394 e. The van der Waals surface area contributed by atoms with Gasteiger partial charge in [0.05, 0.1) is 12.3 Å². The number of rotatable bonds is 6. The summed E-state index contributed by atoms with van der Waals surface area (Å²) < 4.78 is 5.47. The summed E-state index contributed by atoms with van der Waals surface area (Å²) in [6.07, 6.45) is -1.89. The van der Waals surface area contributed by atoms with Crippen molar-refractivity contribution in [1.29, 1.82) is 0 Å². The van der Waals surface area contributed by atoms with Gasteiger partial charge in [0.1, 0.15) is 24.4 Å². The molecule has 8 nitrogen and oxygen atoms in total. The lowest BCUT2D eigenvalue weighted by atomic mass is 9.97.